The van der Waals surface area contributed by atoms with E-state index in [0.29, 0.717) is 11.0 Å². The predicted molar refractivity (Wildman–Crippen MR) is 83.5 cm³/mol. The highest BCUT2D eigenvalue weighted by atomic mass is 15.3. The Kier molecular flexibility index (Phi) is 4.62. The third kappa shape index (κ3) is 3.95. The van der Waals surface area contributed by atoms with Gasteiger partial charge in [-0.3, -0.25) is 4.90 Å². The van der Waals surface area contributed by atoms with Crippen molar-refractivity contribution in [3.05, 3.63) is 0 Å². The van der Waals surface area contributed by atoms with Crippen molar-refractivity contribution in [3.8, 4) is 0 Å². The Bertz CT molecular complexity index is 290. The normalized spacial score (nSPS) is 33.6. The highest BCUT2D eigenvalue weighted by Crippen LogP contribution is 2.44. The summed E-state index contributed by atoms with van der Waals surface area (Å²) in [5, 5.41) is 3.82. The third-order valence-corrected chi connectivity index (χ3v) is 5.14. The van der Waals surface area contributed by atoms with Gasteiger partial charge in [-0.1, -0.05) is 34.1 Å². The Morgan fingerprint density at radius 1 is 1.26 bits per heavy atom. The minimum Gasteiger partial charge on any atom is -0.311 e. The van der Waals surface area contributed by atoms with Crippen LogP contribution in [0.4, 0.5) is 0 Å². The lowest BCUT2D eigenvalue weighted by Gasteiger charge is -2.49. The molecule has 2 atom stereocenters. The van der Waals surface area contributed by atoms with Crippen molar-refractivity contribution in [3.63, 3.8) is 0 Å². The second kappa shape index (κ2) is 5.73. The molecule has 2 unspecified atom stereocenters. The maximum Gasteiger partial charge on any atom is 0.0334 e. The fourth-order valence-corrected chi connectivity index (χ4v) is 3.47. The maximum absolute atomic E-state index is 3.82. The summed E-state index contributed by atoms with van der Waals surface area (Å²) in [6.45, 7) is 15.6. The molecule has 1 heterocycles. The molecule has 1 aliphatic heterocycles. The van der Waals surface area contributed by atoms with Crippen LogP contribution in [0.1, 0.15) is 66.7 Å². The zero-order chi connectivity index (χ0) is 14.1. The number of hydrogen-bond acceptors (Lipinski definition) is 2. The molecule has 1 N–H and O–H groups in total. The molecule has 1 aliphatic carbocycles. The van der Waals surface area contributed by atoms with Crippen LogP contribution < -0.4 is 5.32 Å². The molecule has 0 amide bonds. The van der Waals surface area contributed by atoms with E-state index in [4.69, 9.17) is 0 Å². The van der Waals surface area contributed by atoms with Crippen molar-refractivity contribution in [1.29, 1.82) is 0 Å². The monoisotopic (exact) mass is 266 g/mol. The largest absolute Gasteiger partial charge is 0.311 e. The fourth-order valence-electron chi connectivity index (χ4n) is 3.47. The fraction of sp³-hybridized carbons (Fsp3) is 1.00. The highest BCUT2D eigenvalue weighted by Gasteiger charge is 2.47. The smallest absolute Gasteiger partial charge is 0.0334 e. The van der Waals surface area contributed by atoms with Crippen LogP contribution in [0.25, 0.3) is 0 Å². The van der Waals surface area contributed by atoms with E-state index in [0.717, 1.165) is 12.0 Å². The van der Waals surface area contributed by atoms with E-state index >= 15 is 0 Å². The Labute approximate surface area is 120 Å². The van der Waals surface area contributed by atoms with Crippen molar-refractivity contribution in [1.82, 2.24) is 10.2 Å². The molecule has 0 bridgehead atoms. The number of rotatable bonds is 5. The maximum atomic E-state index is 3.82. The molecule has 0 spiro atoms. The molecule has 2 rings (SSSR count). The van der Waals surface area contributed by atoms with Gasteiger partial charge < -0.3 is 5.32 Å². The van der Waals surface area contributed by atoms with Crippen molar-refractivity contribution in [2.75, 3.05) is 19.6 Å². The van der Waals surface area contributed by atoms with Crippen molar-refractivity contribution >= 4 is 0 Å². The van der Waals surface area contributed by atoms with Crippen LogP contribution in [0.5, 0.6) is 0 Å². The van der Waals surface area contributed by atoms with Crippen LogP contribution in [0.15, 0.2) is 0 Å². The standard InChI is InChI=1S/C17H34N2/c1-6-7-15-12-19(11-10-16(2,3)4)17(5,13-18-15)14-8-9-14/h14-15,18H,6-13H2,1-5H3. The molecular formula is C17H34N2. The lowest BCUT2D eigenvalue weighted by Crippen LogP contribution is -2.64. The summed E-state index contributed by atoms with van der Waals surface area (Å²) >= 11 is 0. The summed E-state index contributed by atoms with van der Waals surface area (Å²) in [4.78, 5) is 2.83. The van der Waals surface area contributed by atoms with Crippen LogP contribution in [0, 0.1) is 11.3 Å². The summed E-state index contributed by atoms with van der Waals surface area (Å²) in [6.07, 6.45) is 6.83. The van der Waals surface area contributed by atoms with Gasteiger partial charge in [0.15, 0.2) is 0 Å². The highest BCUT2D eigenvalue weighted by molar-refractivity contribution is 5.04. The number of piperazine rings is 1. The lowest BCUT2D eigenvalue weighted by molar-refractivity contribution is 0.0250. The van der Waals surface area contributed by atoms with Crippen molar-refractivity contribution < 1.29 is 0 Å². The molecule has 0 radical (unpaired) electrons. The molecule has 1 saturated heterocycles. The Morgan fingerprint density at radius 2 is 1.95 bits per heavy atom. The van der Waals surface area contributed by atoms with Crippen LogP contribution in [0.2, 0.25) is 0 Å². The molecule has 112 valence electrons. The zero-order valence-electron chi connectivity index (χ0n) is 13.8. The van der Waals surface area contributed by atoms with Gasteiger partial charge >= 0.3 is 0 Å². The number of nitrogens with one attached hydrogen (secondary N) is 1. The molecule has 2 nitrogen and oxygen atoms in total. The first-order valence-electron chi connectivity index (χ1n) is 8.33. The van der Waals surface area contributed by atoms with Crippen LogP contribution in [-0.2, 0) is 0 Å². The van der Waals surface area contributed by atoms with Crippen molar-refractivity contribution in [2.24, 2.45) is 11.3 Å². The van der Waals surface area contributed by atoms with Gasteiger partial charge in [0.25, 0.3) is 0 Å². The molecule has 2 aliphatic rings. The second-order valence-corrected chi connectivity index (χ2v) is 8.25. The molecule has 0 aromatic rings. The summed E-state index contributed by atoms with van der Waals surface area (Å²) < 4.78 is 0. The second-order valence-electron chi connectivity index (χ2n) is 8.25. The molecule has 19 heavy (non-hydrogen) atoms. The van der Waals surface area contributed by atoms with E-state index in [2.05, 4.69) is 44.8 Å². The van der Waals surface area contributed by atoms with Crippen LogP contribution in [-0.4, -0.2) is 36.1 Å². The Balaban J connectivity index is 1.98. The average Bonchev–Trinajstić information content (AvgIpc) is 3.13. The Hall–Kier alpha value is -0.0800. The van der Waals surface area contributed by atoms with Crippen LogP contribution in [0.3, 0.4) is 0 Å². The molecule has 2 fully saturated rings. The molecule has 0 aromatic carbocycles. The summed E-state index contributed by atoms with van der Waals surface area (Å²) in [6, 6.07) is 0.719. The third-order valence-electron chi connectivity index (χ3n) is 5.14. The molecular weight excluding hydrogens is 232 g/mol. The van der Waals surface area contributed by atoms with Crippen molar-refractivity contribution in [2.45, 2.75) is 78.3 Å². The summed E-state index contributed by atoms with van der Waals surface area (Å²) in [7, 11) is 0. The van der Waals surface area contributed by atoms with Gasteiger partial charge in [0.05, 0.1) is 0 Å². The zero-order valence-corrected chi connectivity index (χ0v) is 13.8. The van der Waals surface area contributed by atoms with E-state index in [-0.39, 0.29) is 0 Å². The van der Waals surface area contributed by atoms with E-state index in [9.17, 15) is 0 Å². The van der Waals surface area contributed by atoms with E-state index in [1.54, 1.807) is 0 Å². The first kappa shape index (κ1) is 15.3. The SMILES string of the molecule is CCCC1CN(CCC(C)(C)C)C(C)(C2CC2)CN1. The van der Waals surface area contributed by atoms with E-state index in [1.165, 1.54) is 51.7 Å². The quantitative estimate of drug-likeness (QED) is 0.817. The molecule has 0 aromatic heterocycles. The van der Waals surface area contributed by atoms with Gasteiger partial charge in [-0.25, -0.2) is 0 Å². The van der Waals surface area contributed by atoms with Gasteiger partial charge in [-0.15, -0.1) is 0 Å². The molecule has 2 heteroatoms. The van der Waals surface area contributed by atoms with Gasteiger partial charge in [-0.05, 0) is 50.5 Å². The number of nitrogens with zero attached hydrogens (tertiary/aromatic N) is 1. The minimum absolute atomic E-state index is 0.426. The predicted octanol–water partition coefficient (Wildman–Crippen LogP) is 3.67. The van der Waals surface area contributed by atoms with Gasteiger partial charge in [-0.2, -0.15) is 0 Å². The van der Waals surface area contributed by atoms with Gasteiger partial charge in [0.1, 0.15) is 0 Å². The van der Waals surface area contributed by atoms with Gasteiger partial charge in [0, 0.05) is 24.7 Å². The van der Waals surface area contributed by atoms with Crippen LogP contribution >= 0.6 is 0 Å². The first-order chi connectivity index (χ1) is 8.85. The minimum atomic E-state index is 0.426. The average molecular weight is 266 g/mol. The number of hydrogen-bond donors (Lipinski definition) is 1. The van der Waals surface area contributed by atoms with E-state index in [1.807, 2.05) is 0 Å². The lowest BCUT2D eigenvalue weighted by atomic mass is 9.86. The Morgan fingerprint density at radius 3 is 2.47 bits per heavy atom. The summed E-state index contributed by atoms with van der Waals surface area (Å²) in [5.74, 6) is 0.947. The summed E-state index contributed by atoms with van der Waals surface area (Å²) in [5.41, 5.74) is 0.880. The van der Waals surface area contributed by atoms with E-state index < -0.39 is 0 Å². The first-order valence-corrected chi connectivity index (χ1v) is 8.33. The van der Waals surface area contributed by atoms with Gasteiger partial charge in [0.2, 0.25) is 0 Å². The molecule has 1 saturated carbocycles. The topological polar surface area (TPSA) is 15.3 Å².